The van der Waals surface area contributed by atoms with Crippen molar-refractivity contribution >= 4 is 34.7 Å². The molecule has 166 valence electrons. The van der Waals surface area contributed by atoms with Crippen LogP contribution in [0.25, 0.3) is 11.1 Å². The standard InChI is InChI=1S/C25H22N4O4/c1-14-7-9-20(11-15(14)2)29-24(31)23(16(3)28-29)27-26-21-13-18(8-10-22(21)30)17-5-4-6-19(12-17)25(32)33/h4-13,26,30H,1-3H3,(H,32,33)/b27-23-. The van der Waals surface area contributed by atoms with Crippen LogP contribution in [0.2, 0.25) is 0 Å². The molecule has 0 fully saturated rings. The van der Waals surface area contributed by atoms with E-state index in [-0.39, 0.29) is 28.6 Å². The number of aromatic hydroxyl groups is 1. The Hall–Kier alpha value is -4.46. The first-order chi connectivity index (χ1) is 15.7. The topological polar surface area (TPSA) is 115 Å². The van der Waals surface area contributed by atoms with Crippen LogP contribution in [-0.4, -0.2) is 33.5 Å². The molecule has 0 radical (unpaired) electrons. The number of amides is 1. The molecular weight excluding hydrogens is 420 g/mol. The van der Waals surface area contributed by atoms with Crippen LogP contribution in [-0.2, 0) is 4.79 Å². The number of carbonyl (C=O) groups is 2. The smallest absolute Gasteiger partial charge is 0.335 e. The van der Waals surface area contributed by atoms with Gasteiger partial charge in [-0.2, -0.15) is 15.2 Å². The molecule has 0 aliphatic carbocycles. The number of aryl methyl sites for hydroxylation is 2. The van der Waals surface area contributed by atoms with Crippen molar-refractivity contribution in [2.75, 3.05) is 10.4 Å². The summed E-state index contributed by atoms with van der Waals surface area (Å²) < 4.78 is 0. The van der Waals surface area contributed by atoms with E-state index < -0.39 is 5.97 Å². The van der Waals surface area contributed by atoms with Crippen molar-refractivity contribution in [1.29, 1.82) is 0 Å². The van der Waals surface area contributed by atoms with E-state index >= 15 is 0 Å². The van der Waals surface area contributed by atoms with Crippen LogP contribution in [0.15, 0.2) is 70.9 Å². The van der Waals surface area contributed by atoms with Gasteiger partial charge in [0.25, 0.3) is 0 Å². The molecule has 0 aromatic heterocycles. The number of rotatable bonds is 5. The first-order valence-corrected chi connectivity index (χ1v) is 10.2. The zero-order chi connectivity index (χ0) is 23.7. The fraction of sp³-hybridized carbons (Fsp3) is 0.120. The predicted molar refractivity (Wildman–Crippen MR) is 128 cm³/mol. The molecule has 1 heterocycles. The number of hydrogen-bond donors (Lipinski definition) is 3. The van der Waals surface area contributed by atoms with Gasteiger partial charge in [0.1, 0.15) is 5.75 Å². The number of hydrazone groups is 2. The third kappa shape index (κ3) is 4.31. The van der Waals surface area contributed by atoms with E-state index in [0.717, 1.165) is 11.1 Å². The molecule has 1 amide bonds. The van der Waals surface area contributed by atoms with Crippen molar-refractivity contribution in [2.45, 2.75) is 20.8 Å². The van der Waals surface area contributed by atoms with Crippen LogP contribution >= 0.6 is 0 Å². The highest BCUT2D eigenvalue weighted by molar-refractivity contribution is 6.71. The lowest BCUT2D eigenvalue weighted by molar-refractivity contribution is -0.112. The van der Waals surface area contributed by atoms with Crippen molar-refractivity contribution in [2.24, 2.45) is 10.2 Å². The van der Waals surface area contributed by atoms with E-state index in [0.29, 0.717) is 22.5 Å². The van der Waals surface area contributed by atoms with Gasteiger partial charge in [-0.25, -0.2) is 4.79 Å². The fourth-order valence-corrected chi connectivity index (χ4v) is 3.41. The fourth-order valence-electron chi connectivity index (χ4n) is 3.41. The van der Waals surface area contributed by atoms with Gasteiger partial charge in [0.15, 0.2) is 5.71 Å². The van der Waals surface area contributed by atoms with Gasteiger partial charge in [-0.1, -0.05) is 24.3 Å². The summed E-state index contributed by atoms with van der Waals surface area (Å²) >= 11 is 0. The molecule has 1 aliphatic rings. The Morgan fingerprint density at radius 1 is 0.970 bits per heavy atom. The lowest BCUT2D eigenvalue weighted by Gasteiger charge is -2.13. The molecule has 1 aliphatic heterocycles. The third-order valence-electron chi connectivity index (χ3n) is 5.45. The zero-order valence-corrected chi connectivity index (χ0v) is 18.3. The molecule has 3 aromatic carbocycles. The molecule has 0 atom stereocenters. The maximum atomic E-state index is 12.9. The Kier molecular flexibility index (Phi) is 5.66. The molecule has 8 nitrogen and oxygen atoms in total. The average molecular weight is 442 g/mol. The highest BCUT2D eigenvalue weighted by Crippen LogP contribution is 2.31. The van der Waals surface area contributed by atoms with Crippen molar-refractivity contribution < 1.29 is 19.8 Å². The summed E-state index contributed by atoms with van der Waals surface area (Å²) in [4.78, 5) is 24.2. The van der Waals surface area contributed by atoms with Gasteiger partial charge in [0.2, 0.25) is 0 Å². The number of nitrogens with zero attached hydrogens (tertiary/aromatic N) is 3. The summed E-state index contributed by atoms with van der Waals surface area (Å²) in [6, 6.07) is 16.9. The lowest BCUT2D eigenvalue weighted by Crippen LogP contribution is -2.28. The Balaban J connectivity index is 1.60. The quantitative estimate of drug-likeness (QED) is 0.396. The van der Waals surface area contributed by atoms with Crippen molar-refractivity contribution in [3.8, 4) is 16.9 Å². The Bertz CT molecular complexity index is 1340. The molecule has 0 spiro atoms. The monoisotopic (exact) mass is 442 g/mol. The molecule has 0 saturated heterocycles. The average Bonchev–Trinajstić information content (AvgIpc) is 3.08. The molecule has 0 bridgehead atoms. The predicted octanol–water partition coefficient (Wildman–Crippen LogP) is 4.56. The first kappa shape index (κ1) is 21.8. The van der Waals surface area contributed by atoms with Gasteiger partial charge in [0, 0.05) is 0 Å². The van der Waals surface area contributed by atoms with Gasteiger partial charge in [-0.3, -0.25) is 10.2 Å². The number of carbonyl (C=O) groups excluding carboxylic acids is 1. The minimum atomic E-state index is -1.02. The summed E-state index contributed by atoms with van der Waals surface area (Å²) in [7, 11) is 0. The van der Waals surface area contributed by atoms with E-state index in [1.165, 1.54) is 17.1 Å². The van der Waals surface area contributed by atoms with E-state index in [1.54, 1.807) is 37.3 Å². The molecule has 3 aromatic rings. The maximum Gasteiger partial charge on any atom is 0.335 e. The third-order valence-corrected chi connectivity index (χ3v) is 5.45. The number of carboxylic acids is 1. The lowest BCUT2D eigenvalue weighted by atomic mass is 10.0. The van der Waals surface area contributed by atoms with Gasteiger partial charge in [-0.15, -0.1) is 0 Å². The van der Waals surface area contributed by atoms with Gasteiger partial charge in [-0.05, 0) is 79.4 Å². The molecule has 33 heavy (non-hydrogen) atoms. The van der Waals surface area contributed by atoms with Gasteiger partial charge >= 0.3 is 11.9 Å². The summed E-state index contributed by atoms with van der Waals surface area (Å²) in [6.45, 7) is 5.65. The number of nitrogens with one attached hydrogen (secondary N) is 1. The number of phenolic OH excluding ortho intramolecular Hbond substituents is 1. The number of aromatic carboxylic acids is 1. The number of benzene rings is 3. The van der Waals surface area contributed by atoms with Gasteiger partial charge < -0.3 is 10.2 Å². The first-order valence-electron chi connectivity index (χ1n) is 10.2. The molecule has 3 N–H and O–H groups in total. The summed E-state index contributed by atoms with van der Waals surface area (Å²) in [5, 5.41) is 29.3. The molecule has 0 unspecified atom stereocenters. The van der Waals surface area contributed by atoms with Crippen LogP contribution in [0, 0.1) is 13.8 Å². The number of hydrogen-bond acceptors (Lipinski definition) is 6. The molecule has 4 rings (SSSR count). The van der Waals surface area contributed by atoms with Crippen LogP contribution < -0.4 is 10.4 Å². The molecular formula is C25H22N4O4. The molecule has 8 heteroatoms. The van der Waals surface area contributed by atoms with Gasteiger partial charge in [0.05, 0.1) is 22.6 Å². The number of carboxylic acid groups (broad SMARTS) is 1. The van der Waals surface area contributed by atoms with Crippen LogP contribution in [0.3, 0.4) is 0 Å². The Morgan fingerprint density at radius 2 is 1.73 bits per heavy atom. The van der Waals surface area contributed by atoms with Crippen LogP contribution in [0.1, 0.15) is 28.4 Å². The highest BCUT2D eigenvalue weighted by atomic mass is 16.4. The largest absolute Gasteiger partial charge is 0.506 e. The van der Waals surface area contributed by atoms with Crippen molar-refractivity contribution in [3.05, 3.63) is 77.4 Å². The SMILES string of the molecule is CC1=NN(c2ccc(C)c(C)c2)C(=O)/C1=N\Nc1cc(-c2cccc(C(=O)O)c2)ccc1O. The normalized spacial score (nSPS) is 14.5. The van der Waals surface area contributed by atoms with E-state index in [1.807, 2.05) is 32.0 Å². The summed E-state index contributed by atoms with van der Waals surface area (Å²) in [5.41, 5.74) is 7.91. The maximum absolute atomic E-state index is 12.9. The zero-order valence-electron chi connectivity index (χ0n) is 18.3. The second-order valence-electron chi connectivity index (χ2n) is 7.76. The Labute approximate surface area is 190 Å². The van der Waals surface area contributed by atoms with Crippen LogP contribution in [0.4, 0.5) is 11.4 Å². The number of phenols is 1. The van der Waals surface area contributed by atoms with E-state index in [4.69, 9.17) is 0 Å². The minimum Gasteiger partial charge on any atom is -0.506 e. The summed E-state index contributed by atoms with van der Waals surface area (Å²) in [6.07, 6.45) is 0. The van der Waals surface area contributed by atoms with E-state index in [2.05, 4.69) is 15.6 Å². The summed E-state index contributed by atoms with van der Waals surface area (Å²) in [5.74, 6) is -1.47. The second-order valence-corrected chi connectivity index (χ2v) is 7.76. The van der Waals surface area contributed by atoms with E-state index in [9.17, 15) is 19.8 Å². The van der Waals surface area contributed by atoms with Crippen molar-refractivity contribution in [3.63, 3.8) is 0 Å². The highest BCUT2D eigenvalue weighted by Gasteiger charge is 2.31. The second kappa shape index (κ2) is 8.58. The minimum absolute atomic E-state index is 0.0662. The van der Waals surface area contributed by atoms with Crippen LogP contribution in [0.5, 0.6) is 5.75 Å². The number of anilines is 2. The molecule has 0 saturated carbocycles. The Morgan fingerprint density at radius 3 is 2.45 bits per heavy atom. The van der Waals surface area contributed by atoms with Crippen molar-refractivity contribution in [1.82, 2.24) is 0 Å².